The molecule has 7 nitrogen and oxygen atoms in total. The van der Waals surface area contributed by atoms with Crippen LogP contribution in [0.25, 0.3) is 27.9 Å². The predicted molar refractivity (Wildman–Crippen MR) is 222 cm³/mol. The molecule has 4 aromatic rings. The lowest BCUT2D eigenvalue weighted by atomic mass is 9.91. The Labute approximate surface area is 318 Å². The zero-order chi connectivity index (χ0) is 39.1. The van der Waals surface area contributed by atoms with E-state index in [0.29, 0.717) is 25.3 Å². The van der Waals surface area contributed by atoms with Gasteiger partial charge >= 0.3 is 0 Å². The van der Waals surface area contributed by atoms with E-state index in [1.807, 2.05) is 38.2 Å². The van der Waals surface area contributed by atoms with Crippen LogP contribution in [0.4, 0.5) is 4.39 Å². The van der Waals surface area contributed by atoms with Crippen LogP contribution in [0.1, 0.15) is 101 Å². The molecule has 9 heteroatoms. The van der Waals surface area contributed by atoms with E-state index < -0.39 is 0 Å². The van der Waals surface area contributed by atoms with Crippen LogP contribution in [-0.2, 0) is 16.0 Å². The summed E-state index contributed by atoms with van der Waals surface area (Å²) in [5.74, 6) is 1.22. The molecule has 2 amide bonds. The number of thiol groups is 1. The smallest absolute Gasteiger partial charge is 0.221 e. The minimum Gasteiger partial charge on any atom is -0.384 e. The average molecular weight is 732 g/mol. The van der Waals surface area contributed by atoms with Crippen molar-refractivity contribution in [3.63, 3.8) is 0 Å². The normalized spacial score (nSPS) is 12.2. The summed E-state index contributed by atoms with van der Waals surface area (Å²) in [4.78, 5) is 29.6. The number of aromatic nitrogens is 2. The van der Waals surface area contributed by atoms with E-state index in [1.54, 1.807) is 13.3 Å². The van der Waals surface area contributed by atoms with Crippen LogP contribution >= 0.6 is 12.6 Å². The monoisotopic (exact) mass is 731 g/mol. The summed E-state index contributed by atoms with van der Waals surface area (Å²) in [6.07, 6.45) is 11.4. The van der Waals surface area contributed by atoms with Gasteiger partial charge in [0.15, 0.2) is 0 Å². The van der Waals surface area contributed by atoms with Crippen molar-refractivity contribution in [2.75, 3.05) is 26.4 Å². The Morgan fingerprint density at radius 2 is 1.71 bits per heavy atom. The highest BCUT2D eigenvalue weighted by atomic mass is 32.1. The lowest BCUT2D eigenvalue weighted by Gasteiger charge is -2.19. The fraction of sp³-hybridized carbons (Fsp3) is 0.442. The van der Waals surface area contributed by atoms with Gasteiger partial charge in [0.2, 0.25) is 12.3 Å². The van der Waals surface area contributed by atoms with Gasteiger partial charge in [-0.1, -0.05) is 59.6 Å². The number of pyridine rings is 2. The number of carbonyl (C=O) groups excluding carboxylic acids is 2. The first kappa shape index (κ1) is 45.8. The Morgan fingerprint density at radius 1 is 1.06 bits per heavy atom. The van der Waals surface area contributed by atoms with E-state index in [0.717, 1.165) is 64.4 Å². The van der Waals surface area contributed by atoms with Gasteiger partial charge in [0.05, 0.1) is 11.2 Å². The number of halogens is 1. The first-order valence-electron chi connectivity index (χ1n) is 18.5. The molecular weight excluding hydrogens is 670 g/mol. The molecule has 5 rings (SSSR count). The van der Waals surface area contributed by atoms with Crippen LogP contribution in [0.3, 0.4) is 0 Å². The van der Waals surface area contributed by atoms with E-state index in [4.69, 9.17) is 4.98 Å². The Morgan fingerprint density at radius 3 is 2.27 bits per heavy atom. The third kappa shape index (κ3) is 15.6. The molecule has 2 heterocycles. The Kier molecular flexibility index (Phi) is 22.6. The van der Waals surface area contributed by atoms with Gasteiger partial charge in [-0.3, -0.25) is 19.6 Å². The standard InChI is InChI=1S/C31H34FN3.C5H10N2O2.C4H8.C2H6.CH4S/c1-6-20(3)28-19-27(35-31(22(28)5)23-10-12-26(32)13-11-23)14-16-33-29(7-2)25-17-21(4)30-24(18-25)9-8-15-34-30;1-6-5(9)2-3-7-4-8;1-4-2-3-4;2*1-2/h7-13,15,17-20,33H,6,14,16H2,1-5H3;4H,2-3H2,1H3,(H,6,9)(H,7,8);4H,2-3H2,1H3;1-2H3;2H,1H3/b29-7-;;;;. The maximum absolute atomic E-state index is 13.5. The molecule has 52 heavy (non-hydrogen) atoms. The number of allylic oxidation sites excluding steroid dienone is 1. The summed E-state index contributed by atoms with van der Waals surface area (Å²) >= 11 is 3.53. The molecule has 0 aliphatic heterocycles. The van der Waals surface area contributed by atoms with E-state index >= 15 is 0 Å². The Bertz CT molecular complexity index is 1670. The molecule has 0 bridgehead atoms. The first-order valence-corrected chi connectivity index (χ1v) is 19.4. The van der Waals surface area contributed by atoms with Crippen molar-refractivity contribution in [3.05, 3.63) is 101 Å². The SMILES string of the molecule is C/C=C(\NCCc1cc(C(C)CC)c(C)c(-c2ccc(F)cc2)n1)c1cc(C)c2ncccc2c1.CC.CC1CC1.CNC(=O)CCNC=O.CS. The number of aryl methyl sites for hydroxylation is 1. The highest BCUT2D eigenvalue weighted by Crippen LogP contribution is 2.31. The lowest BCUT2D eigenvalue weighted by molar-refractivity contribution is -0.120. The number of hydrogen-bond acceptors (Lipinski definition) is 6. The molecule has 0 radical (unpaired) electrons. The van der Waals surface area contributed by atoms with Crippen LogP contribution < -0.4 is 16.0 Å². The van der Waals surface area contributed by atoms with Gasteiger partial charge in [0.25, 0.3) is 0 Å². The molecule has 1 aliphatic carbocycles. The number of fused-ring (bicyclic) bond motifs is 1. The van der Waals surface area contributed by atoms with Gasteiger partial charge < -0.3 is 16.0 Å². The van der Waals surface area contributed by atoms with Crippen LogP contribution in [0.15, 0.2) is 66.9 Å². The van der Waals surface area contributed by atoms with E-state index in [9.17, 15) is 14.0 Å². The molecule has 2 aromatic carbocycles. The quantitative estimate of drug-likeness (QED) is 0.0662. The largest absolute Gasteiger partial charge is 0.384 e. The minimum absolute atomic E-state index is 0.0654. The summed E-state index contributed by atoms with van der Waals surface area (Å²) in [5.41, 5.74) is 9.92. The summed E-state index contributed by atoms with van der Waals surface area (Å²) in [7, 11) is 1.56. The van der Waals surface area contributed by atoms with E-state index in [2.05, 4.69) is 105 Å². The van der Waals surface area contributed by atoms with Crippen LogP contribution in [0.5, 0.6) is 0 Å². The first-order chi connectivity index (χ1) is 25.1. The van der Waals surface area contributed by atoms with E-state index in [-0.39, 0.29) is 11.7 Å². The number of rotatable bonds is 12. The average Bonchev–Trinajstić information content (AvgIpc) is 3.97. The fourth-order valence-electron chi connectivity index (χ4n) is 5.20. The minimum atomic E-state index is -0.229. The van der Waals surface area contributed by atoms with Gasteiger partial charge in [0.1, 0.15) is 5.82 Å². The van der Waals surface area contributed by atoms with Gasteiger partial charge in [-0.05, 0) is 116 Å². The molecule has 3 N–H and O–H groups in total. The van der Waals surface area contributed by atoms with Gasteiger partial charge in [-0.2, -0.15) is 12.6 Å². The van der Waals surface area contributed by atoms with Gasteiger partial charge in [0, 0.05) is 61.5 Å². The highest BCUT2D eigenvalue weighted by molar-refractivity contribution is 7.79. The summed E-state index contributed by atoms with van der Waals surface area (Å²) in [5, 5.41) is 9.57. The molecule has 1 saturated carbocycles. The second-order valence-corrected chi connectivity index (χ2v) is 12.4. The maximum atomic E-state index is 13.5. The second-order valence-electron chi connectivity index (χ2n) is 12.4. The molecule has 0 saturated heterocycles. The summed E-state index contributed by atoms with van der Waals surface area (Å²) in [6.45, 7) is 18.2. The zero-order valence-corrected chi connectivity index (χ0v) is 34.0. The molecule has 2 aromatic heterocycles. The Hall–Kier alpha value is -4.24. The summed E-state index contributed by atoms with van der Waals surface area (Å²) < 4.78 is 13.5. The van der Waals surface area contributed by atoms with Crippen molar-refractivity contribution in [3.8, 4) is 11.3 Å². The van der Waals surface area contributed by atoms with Gasteiger partial charge in [-0.25, -0.2) is 4.39 Å². The highest BCUT2D eigenvalue weighted by Gasteiger charge is 2.16. The molecule has 1 aliphatic rings. The second kappa shape index (κ2) is 25.7. The number of hydrogen-bond donors (Lipinski definition) is 4. The van der Waals surface area contributed by atoms with E-state index in [1.165, 1.54) is 41.7 Å². The third-order valence-corrected chi connectivity index (χ3v) is 8.54. The Balaban J connectivity index is 0.000000662. The van der Waals surface area contributed by atoms with Crippen molar-refractivity contribution in [1.29, 1.82) is 0 Å². The lowest BCUT2D eigenvalue weighted by Crippen LogP contribution is -2.23. The summed E-state index contributed by atoms with van der Waals surface area (Å²) in [6, 6.07) is 17.4. The number of benzene rings is 2. The molecule has 284 valence electrons. The number of nitrogens with one attached hydrogen (secondary N) is 3. The maximum Gasteiger partial charge on any atom is 0.221 e. The van der Waals surface area contributed by atoms with Crippen molar-refractivity contribution in [2.24, 2.45) is 5.92 Å². The third-order valence-electron chi connectivity index (χ3n) is 8.54. The van der Waals surface area contributed by atoms with Gasteiger partial charge in [-0.15, -0.1) is 0 Å². The number of amides is 2. The van der Waals surface area contributed by atoms with Crippen molar-refractivity contribution in [1.82, 2.24) is 25.9 Å². The molecule has 0 spiro atoms. The number of nitrogens with zero attached hydrogens (tertiary/aromatic N) is 2. The van der Waals surface area contributed by atoms with Crippen molar-refractivity contribution < 1.29 is 14.0 Å². The zero-order valence-electron chi connectivity index (χ0n) is 33.1. The van der Waals surface area contributed by atoms with Crippen LogP contribution in [-0.4, -0.2) is 48.7 Å². The van der Waals surface area contributed by atoms with Crippen LogP contribution in [0, 0.1) is 25.6 Å². The predicted octanol–water partition coefficient (Wildman–Crippen LogP) is 9.62. The van der Waals surface area contributed by atoms with Crippen LogP contribution in [0.2, 0.25) is 0 Å². The van der Waals surface area contributed by atoms with Crippen molar-refractivity contribution >= 4 is 41.5 Å². The fourth-order valence-corrected chi connectivity index (χ4v) is 5.20. The molecule has 1 fully saturated rings. The molecule has 1 unspecified atom stereocenters. The topological polar surface area (TPSA) is 96.0 Å². The van der Waals surface area contributed by atoms with Crippen molar-refractivity contribution in [2.45, 2.75) is 93.4 Å². The molecular formula is C43H62FN5O2S. The number of carbonyl (C=O) groups is 2. The molecule has 1 atom stereocenters.